The number of benzene rings is 1. The molecule has 0 aliphatic carbocycles. The number of aliphatic carboxylic acids is 1. The van der Waals surface area contributed by atoms with E-state index < -0.39 is 16.0 Å². The molecule has 1 N–H and O–H groups in total. The Morgan fingerprint density at radius 2 is 1.82 bits per heavy atom. The molecule has 1 aromatic carbocycles. The molecule has 5 nitrogen and oxygen atoms in total. The first-order valence-corrected chi connectivity index (χ1v) is 8.87. The Kier molecular flexibility index (Phi) is 5.00. The van der Waals surface area contributed by atoms with Crippen molar-refractivity contribution < 1.29 is 18.3 Å². The molecular weight excluding hydrogens is 322 g/mol. The van der Waals surface area contributed by atoms with E-state index in [9.17, 15) is 13.2 Å². The molecule has 1 aromatic heterocycles. The van der Waals surface area contributed by atoms with Crippen LogP contribution >= 0.6 is 11.3 Å². The van der Waals surface area contributed by atoms with Gasteiger partial charge in [-0.3, -0.25) is 4.79 Å². The summed E-state index contributed by atoms with van der Waals surface area (Å²) in [5, 5.41) is 8.75. The number of hydrogen-bond acceptors (Lipinski definition) is 4. The third-order valence-electron chi connectivity index (χ3n) is 3.15. The molecule has 22 heavy (non-hydrogen) atoms. The van der Waals surface area contributed by atoms with Gasteiger partial charge in [-0.25, -0.2) is 8.42 Å². The number of sulfonamides is 1. The number of nitrogens with zero attached hydrogens (tertiary/aromatic N) is 1. The fourth-order valence-electron chi connectivity index (χ4n) is 1.93. The highest BCUT2D eigenvalue weighted by Gasteiger charge is 2.23. The van der Waals surface area contributed by atoms with E-state index in [2.05, 4.69) is 0 Å². The molecular formula is C15H17NO4S2. The van der Waals surface area contributed by atoms with Gasteiger partial charge >= 0.3 is 5.97 Å². The summed E-state index contributed by atoms with van der Waals surface area (Å²) < 4.78 is 26.4. The monoisotopic (exact) mass is 339 g/mol. The average Bonchev–Trinajstić information content (AvgIpc) is 2.89. The van der Waals surface area contributed by atoms with Crippen LogP contribution in [0.5, 0.6) is 0 Å². The number of hydrogen-bond donors (Lipinski definition) is 1. The largest absolute Gasteiger partial charge is 0.481 e. The van der Waals surface area contributed by atoms with Crippen LogP contribution < -0.4 is 0 Å². The minimum Gasteiger partial charge on any atom is -0.481 e. The Morgan fingerprint density at radius 1 is 1.18 bits per heavy atom. The van der Waals surface area contributed by atoms with Gasteiger partial charge in [-0.1, -0.05) is 29.8 Å². The first-order valence-electron chi connectivity index (χ1n) is 6.61. The highest BCUT2D eigenvalue weighted by molar-refractivity contribution is 7.91. The van der Waals surface area contributed by atoms with Crippen LogP contribution in [-0.4, -0.2) is 30.8 Å². The minimum absolute atomic E-state index is 0.165. The van der Waals surface area contributed by atoms with Crippen LogP contribution in [0.4, 0.5) is 0 Å². The van der Waals surface area contributed by atoms with Crippen molar-refractivity contribution in [3.8, 4) is 0 Å². The van der Waals surface area contributed by atoms with E-state index in [1.54, 1.807) is 6.07 Å². The maximum absolute atomic E-state index is 12.5. The third kappa shape index (κ3) is 3.94. The van der Waals surface area contributed by atoms with Crippen LogP contribution in [0, 0.1) is 6.92 Å². The predicted molar refractivity (Wildman–Crippen MR) is 85.5 cm³/mol. The predicted octanol–water partition coefficient (Wildman–Crippen LogP) is 2.50. The number of carbonyl (C=O) groups is 1. The Morgan fingerprint density at radius 3 is 2.41 bits per heavy atom. The number of rotatable bonds is 6. The van der Waals surface area contributed by atoms with Gasteiger partial charge in [-0.15, -0.1) is 11.3 Å². The molecule has 0 bridgehead atoms. The summed E-state index contributed by atoms with van der Waals surface area (Å²) in [6, 6.07) is 10.7. The molecule has 2 aromatic rings. The average molecular weight is 339 g/mol. The molecule has 0 unspecified atom stereocenters. The summed E-state index contributed by atoms with van der Waals surface area (Å²) in [4.78, 5) is 11.2. The molecule has 7 heteroatoms. The fraction of sp³-hybridized carbons (Fsp3) is 0.267. The highest BCUT2D eigenvalue weighted by atomic mass is 32.2. The summed E-state index contributed by atoms with van der Waals surface area (Å²) >= 11 is 0.999. The maximum Gasteiger partial charge on any atom is 0.308 e. The number of thiophene rings is 1. The smallest absolute Gasteiger partial charge is 0.308 e. The van der Waals surface area contributed by atoms with E-state index in [4.69, 9.17) is 5.11 Å². The Hall–Kier alpha value is -1.70. The first-order chi connectivity index (χ1) is 10.3. The van der Waals surface area contributed by atoms with E-state index in [0.717, 1.165) is 22.5 Å². The van der Waals surface area contributed by atoms with Crippen molar-refractivity contribution in [3.63, 3.8) is 0 Å². The lowest BCUT2D eigenvalue weighted by molar-refractivity contribution is -0.136. The zero-order valence-electron chi connectivity index (χ0n) is 12.3. The van der Waals surface area contributed by atoms with Crippen LogP contribution in [-0.2, 0) is 27.8 Å². The molecule has 0 saturated carbocycles. The van der Waals surface area contributed by atoms with E-state index in [1.165, 1.54) is 17.4 Å². The van der Waals surface area contributed by atoms with Gasteiger partial charge in [0.25, 0.3) is 10.0 Å². The third-order valence-corrected chi connectivity index (χ3v) is 6.51. The zero-order chi connectivity index (χ0) is 16.3. The van der Waals surface area contributed by atoms with Crippen molar-refractivity contribution >= 4 is 27.3 Å². The van der Waals surface area contributed by atoms with Crippen molar-refractivity contribution in [2.45, 2.75) is 24.1 Å². The van der Waals surface area contributed by atoms with Crippen molar-refractivity contribution in [3.05, 3.63) is 52.4 Å². The molecule has 0 spiro atoms. The van der Waals surface area contributed by atoms with E-state index in [0.29, 0.717) is 4.88 Å². The zero-order valence-corrected chi connectivity index (χ0v) is 13.9. The normalized spacial score (nSPS) is 11.8. The van der Waals surface area contributed by atoms with E-state index in [1.807, 2.05) is 31.2 Å². The summed E-state index contributed by atoms with van der Waals surface area (Å²) in [6.07, 6.45) is -0.165. The molecule has 0 radical (unpaired) electrons. The van der Waals surface area contributed by atoms with Gasteiger partial charge in [-0.2, -0.15) is 4.31 Å². The topological polar surface area (TPSA) is 74.7 Å². The second-order valence-corrected chi connectivity index (χ2v) is 8.48. The van der Waals surface area contributed by atoms with Crippen molar-refractivity contribution in [1.82, 2.24) is 4.31 Å². The molecule has 0 fully saturated rings. The number of aryl methyl sites for hydroxylation is 1. The van der Waals surface area contributed by atoms with E-state index >= 15 is 0 Å². The molecule has 0 amide bonds. The lowest BCUT2D eigenvalue weighted by atomic mass is 10.1. The molecule has 0 saturated heterocycles. The van der Waals surface area contributed by atoms with Crippen molar-refractivity contribution in [2.24, 2.45) is 0 Å². The minimum atomic E-state index is -3.60. The molecule has 1 heterocycles. The van der Waals surface area contributed by atoms with Crippen LogP contribution in [0.2, 0.25) is 0 Å². The quantitative estimate of drug-likeness (QED) is 0.877. The van der Waals surface area contributed by atoms with Crippen LogP contribution in [0.1, 0.15) is 16.0 Å². The van der Waals surface area contributed by atoms with Gasteiger partial charge in [0.15, 0.2) is 0 Å². The molecule has 0 aliphatic rings. The molecule has 0 aliphatic heterocycles. The Balaban J connectivity index is 2.16. The number of carboxylic acid groups (broad SMARTS) is 1. The van der Waals surface area contributed by atoms with Crippen LogP contribution in [0.25, 0.3) is 0 Å². The lowest BCUT2D eigenvalue weighted by Gasteiger charge is -2.16. The molecule has 0 atom stereocenters. The Bertz CT molecular complexity index is 763. The lowest BCUT2D eigenvalue weighted by Crippen LogP contribution is -2.25. The van der Waals surface area contributed by atoms with Gasteiger partial charge in [0, 0.05) is 18.5 Å². The van der Waals surface area contributed by atoms with Gasteiger partial charge in [0.05, 0.1) is 6.42 Å². The van der Waals surface area contributed by atoms with Gasteiger partial charge < -0.3 is 5.11 Å². The van der Waals surface area contributed by atoms with Crippen molar-refractivity contribution in [2.75, 3.05) is 7.05 Å². The summed E-state index contributed by atoms with van der Waals surface area (Å²) in [5.74, 6) is -0.973. The summed E-state index contributed by atoms with van der Waals surface area (Å²) in [7, 11) is -2.08. The number of carboxylic acids is 1. The molecule has 2 rings (SSSR count). The second-order valence-electron chi connectivity index (χ2n) is 5.04. The summed E-state index contributed by atoms with van der Waals surface area (Å²) in [5.41, 5.74) is 2.02. The highest BCUT2D eigenvalue weighted by Crippen LogP contribution is 2.25. The van der Waals surface area contributed by atoms with Crippen LogP contribution in [0.3, 0.4) is 0 Å². The van der Waals surface area contributed by atoms with Crippen LogP contribution in [0.15, 0.2) is 40.6 Å². The SMILES string of the molecule is Cc1ccc(CN(C)S(=O)(=O)c2ccc(CC(=O)O)s2)cc1. The van der Waals surface area contributed by atoms with Gasteiger partial charge in [0.1, 0.15) is 4.21 Å². The van der Waals surface area contributed by atoms with Crippen molar-refractivity contribution in [1.29, 1.82) is 0 Å². The maximum atomic E-state index is 12.5. The summed E-state index contributed by atoms with van der Waals surface area (Å²) in [6.45, 7) is 2.24. The second kappa shape index (κ2) is 6.60. The van der Waals surface area contributed by atoms with E-state index in [-0.39, 0.29) is 17.2 Å². The first kappa shape index (κ1) is 16.7. The molecule has 118 valence electrons. The van der Waals surface area contributed by atoms with Gasteiger partial charge in [0.2, 0.25) is 0 Å². The Labute approximate surface area is 133 Å². The van der Waals surface area contributed by atoms with Gasteiger partial charge in [-0.05, 0) is 24.6 Å². The standard InChI is InChI=1S/C15H17NO4S2/c1-11-3-5-12(6-4-11)10-16(2)22(19,20)15-8-7-13(21-15)9-14(17)18/h3-8H,9-10H2,1-2H3,(H,17,18). The fourth-order valence-corrected chi connectivity index (χ4v) is 4.65.